The second-order valence-corrected chi connectivity index (χ2v) is 5.81. The normalized spacial score (nSPS) is 11.9. The van der Waals surface area contributed by atoms with Crippen LogP contribution in [-0.2, 0) is 6.42 Å². The van der Waals surface area contributed by atoms with Crippen LogP contribution in [0.5, 0.6) is 11.5 Å². The summed E-state index contributed by atoms with van der Waals surface area (Å²) in [4.78, 5) is 2.10. The number of anilines is 1. The molecule has 2 N–H and O–H groups in total. The van der Waals surface area contributed by atoms with Gasteiger partial charge in [-0.3, -0.25) is 0 Å². The summed E-state index contributed by atoms with van der Waals surface area (Å²) in [6.45, 7) is 0.551. The van der Waals surface area contributed by atoms with Crippen molar-refractivity contribution in [2.45, 2.75) is 12.3 Å². The van der Waals surface area contributed by atoms with Crippen LogP contribution in [0.4, 0.5) is 5.69 Å². The topological polar surface area (TPSA) is 47.7 Å². The van der Waals surface area contributed by atoms with Crippen molar-refractivity contribution in [1.29, 1.82) is 0 Å². The van der Waals surface area contributed by atoms with E-state index >= 15 is 0 Å². The van der Waals surface area contributed by atoms with Gasteiger partial charge in [0.15, 0.2) is 0 Å². The third-order valence-corrected chi connectivity index (χ3v) is 4.07. The second-order valence-electron chi connectivity index (χ2n) is 5.81. The van der Waals surface area contributed by atoms with Crippen LogP contribution >= 0.6 is 0 Å². The van der Waals surface area contributed by atoms with Gasteiger partial charge >= 0.3 is 0 Å². The van der Waals surface area contributed by atoms with Crippen molar-refractivity contribution in [3.05, 3.63) is 53.6 Å². The standard InChI is InChI=1S/C19H26N2O2/c1-21(2)16-7-5-6-14(11-16)10-15(13-20)18-12-17(22-3)8-9-19(18)23-4/h5-9,11-12,15H,10,13,20H2,1-4H3. The molecule has 0 aromatic heterocycles. The summed E-state index contributed by atoms with van der Waals surface area (Å²) in [5, 5.41) is 0. The number of ether oxygens (including phenoxy) is 2. The van der Waals surface area contributed by atoms with Crippen molar-refractivity contribution in [2.75, 3.05) is 39.8 Å². The highest BCUT2D eigenvalue weighted by atomic mass is 16.5. The molecule has 0 saturated carbocycles. The Balaban J connectivity index is 2.31. The molecule has 23 heavy (non-hydrogen) atoms. The molecule has 0 aliphatic carbocycles. The number of nitrogens with zero attached hydrogens (tertiary/aromatic N) is 1. The number of methoxy groups -OCH3 is 2. The molecule has 4 heteroatoms. The Labute approximate surface area is 138 Å². The molecule has 0 spiro atoms. The maximum absolute atomic E-state index is 6.06. The van der Waals surface area contributed by atoms with Gasteiger partial charge in [-0.1, -0.05) is 12.1 Å². The molecule has 0 radical (unpaired) electrons. The van der Waals surface area contributed by atoms with Crippen LogP contribution in [0.3, 0.4) is 0 Å². The van der Waals surface area contributed by atoms with Crippen LogP contribution in [0.2, 0.25) is 0 Å². The molecular weight excluding hydrogens is 288 g/mol. The van der Waals surface area contributed by atoms with E-state index < -0.39 is 0 Å². The molecule has 0 amide bonds. The van der Waals surface area contributed by atoms with E-state index in [1.165, 1.54) is 11.3 Å². The SMILES string of the molecule is COc1ccc(OC)c(C(CN)Cc2cccc(N(C)C)c2)c1. The van der Waals surface area contributed by atoms with Gasteiger partial charge in [0, 0.05) is 31.3 Å². The summed E-state index contributed by atoms with van der Waals surface area (Å²) in [6.07, 6.45) is 0.863. The maximum atomic E-state index is 6.06. The molecule has 124 valence electrons. The minimum atomic E-state index is 0.178. The first-order valence-corrected chi connectivity index (χ1v) is 7.77. The summed E-state index contributed by atoms with van der Waals surface area (Å²) in [6, 6.07) is 14.4. The van der Waals surface area contributed by atoms with Gasteiger partial charge in [0.05, 0.1) is 14.2 Å². The van der Waals surface area contributed by atoms with Crippen molar-refractivity contribution in [1.82, 2.24) is 0 Å². The van der Waals surface area contributed by atoms with E-state index in [1.54, 1.807) is 14.2 Å². The van der Waals surface area contributed by atoms with Crippen LogP contribution in [0.15, 0.2) is 42.5 Å². The quantitative estimate of drug-likeness (QED) is 0.853. The van der Waals surface area contributed by atoms with Gasteiger partial charge in [0.25, 0.3) is 0 Å². The van der Waals surface area contributed by atoms with E-state index in [1.807, 2.05) is 32.3 Å². The zero-order valence-corrected chi connectivity index (χ0v) is 14.4. The summed E-state index contributed by atoms with van der Waals surface area (Å²) in [5.41, 5.74) is 9.60. The van der Waals surface area contributed by atoms with Gasteiger partial charge in [-0.15, -0.1) is 0 Å². The Kier molecular flexibility index (Phi) is 5.88. The zero-order valence-electron chi connectivity index (χ0n) is 14.4. The monoisotopic (exact) mass is 314 g/mol. The molecular formula is C19H26N2O2. The van der Waals surface area contributed by atoms with E-state index in [-0.39, 0.29) is 5.92 Å². The summed E-state index contributed by atoms with van der Waals surface area (Å²) >= 11 is 0. The van der Waals surface area contributed by atoms with E-state index in [9.17, 15) is 0 Å². The predicted molar refractivity (Wildman–Crippen MR) is 95.8 cm³/mol. The van der Waals surface area contributed by atoms with Crippen LogP contribution in [0.25, 0.3) is 0 Å². The highest BCUT2D eigenvalue weighted by Gasteiger charge is 2.17. The van der Waals surface area contributed by atoms with Crippen molar-refractivity contribution in [3.8, 4) is 11.5 Å². The van der Waals surface area contributed by atoms with Crippen LogP contribution in [0, 0.1) is 0 Å². The third kappa shape index (κ3) is 4.17. The van der Waals surface area contributed by atoms with Crippen molar-refractivity contribution >= 4 is 5.69 Å². The largest absolute Gasteiger partial charge is 0.497 e. The number of hydrogen-bond donors (Lipinski definition) is 1. The average Bonchev–Trinajstić information content (AvgIpc) is 2.59. The van der Waals surface area contributed by atoms with Crippen molar-refractivity contribution in [3.63, 3.8) is 0 Å². The molecule has 0 fully saturated rings. The molecule has 2 rings (SSSR count). The molecule has 0 saturated heterocycles. The van der Waals surface area contributed by atoms with Crippen molar-refractivity contribution in [2.24, 2.45) is 5.73 Å². The Morgan fingerprint density at radius 1 is 1.04 bits per heavy atom. The number of hydrogen-bond acceptors (Lipinski definition) is 4. The first-order chi connectivity index (χ1) is 11.1. The Hall–Kier alpha value is -2.20. The zero-order chi connectivity index (χ0) is 16.8. The lowest BCUT2D eigenvalue weighted by molar-refractivity contribution is 0.395. The van der Waals surface area contributed by atoms with Gasteiger partial charge in [-0.2, -0.15) is 0 Å². The first kappa shape index (κ1) is 17.2. The lowest BCUT2D eigenvalue weighted by atomic mass is 9.91. The lowest BCUT2D eigenvalue weighted by Gasteiger charge is -2.20. The summed E-state index contributed by atoms with van der Waals surface area (Å²) in [7, 11) is 7.45. The Morgan fingerprint density at radius 3 is 2.43 bits per heavy atom. The highest BCUT2D eigenvalue weighted by Crippen LogP contribution is 2.32. The smallest absolute Gasteiger partial charge is 0.122 e. The lowest BCUT2D eigenvalue weighted by Crippen LogP contribution is -2.16. The van der Waals surface area contributed by atoms with Gasteiger partial charge in [-0.25, -0.2) is 0 Å². The van der Waals surface area contributed by atoms with Crippen LogP contribution in [-0.4, -0.2) is 34.9 Å². The molecule has 0 bridgehead atoms. The fourth-order valence-corrected chi connectivity index (χ4v) is 2.72. The second kappa shape index (κ2) is 7.88. The molecule has 2 aromatic carbocycles. The average molecular weight is 314 g/mol. The summed E-state index contributed by atoms with van der Waals surface area (Å²) in [5.74, 6) is 1.85. The summed E-state index contributed by atoms with van der Waals surface area (Å²) < 4.78 is 10.9. The molecule has 2 aromatic rings. The van der Waals surface area contributed by atoms with E-state index in [0.29, 0.717) is 6.54 Å². The number of benzene rings is 2. The van der Waals surface area contributed by atoms with Crippen molar-refractivity contribution < 1.29 is 9.47 Å². The minimum Gasteiger partial charge on any atom is -0.497 e. The van der Waals surface area contributed by atoms with Crippen LogP contribution in [0.1, 0.15) is 17.0 Å². The first-order valence-electron chi connectivity index (χ1n) is 7.77. The van der Waals surface area contributed by atoms with Gasteiger partial charge < -0.3 is 20.1 Å². The Bertz CT molecular complexity index is 641. The minimum absolute atomic E-state index is 0.178. The Morgan fingerprint density at radius 2 is 1.83 bits per heavy atom. The molecule has 0 aliphatic rings. The molecule has 0 aliphatic heterocycles. The van der Waals surface area contributed by atoms with Gasteiger partial charge in [-0.05, 0) is 48.9 Å². The number of nitrogens with two attached hydrogens (primary N) is 1. The van der Waals surface area contributed by atoms with E-state index in [4.69, 9.17) is 15.2 Å². The van der Waals surface area contributed by atoms with Crippen LogP contribution < -0.4 is 20.1 Å². The van der Waals surface area contributed by atoms with E-state index in [0.717, 1.165) is 23.5 Å². The molecule has 4 nitrogen and oxygen atoms in total. The third-order valence-electron chi connectivity index (χ3n) is 4.07. The predicted octanol–water partition coefficient (Wildman–Crippen LogP) is 3.05. The van der Waals surface area contributed by atoms with Gasteiger partial charge in [0.2, 0.25) is 0 Å². The number of rotatable bonds is 7. The molecule has 1 atom stereocenters. The molecule has 1 unspecified atom stereocenters. The fourth-order valence-electron chi connectivity index (χ4n) is 2.72. The molecule has 0 heterocycles. The van der Waals surface area contributed by atoms with E-state index in [2.05, 4.69) is 29.2 Å². The van der Waals surface area contributed by atoms with Gasteiger partial charge in [0.1, 0.15) is 11.5 Å². The fraction of sp³-hybridized carbons (Fsp3) is 0.368. The highest BCUT2D eigenvalue weighted by molar-refractivity contribution is 5.48. The maximum Gasteiger partial charge on any atom is 0.122 e.